The summed E-state index contributed by atoms with van der Waals surface area (Å²) in [5.74, 6) is 0. The van der Waals surface area contributed by atoms with Gasteiger partial charge in [-0.15, -0.1) is 0 Å². The Morgan fingerprint density at radius 2 is 0.923 bits per heavy atom. The van der Waals surface area contributed by atoms with E-state index in [-0.39, 0.29) is 0 Å². The Balaban J connectivity index is 1.69. The number of rotatable bonds is 2. The summed E-state index contributed by atoms with van der Waals surface area (Å²) in [5.41, 5.74) is 2.19. The third-order valence-corrected chi connectivity index (χ3v) is 5.45. The lowest BCUT2D eigenvalue weighted by molar-refractivity contribution is 0.490. The van der Waals surface area contributed by atoms with Crippen LogP contribution in [0.3, 0.4) is 0 Å². The molecule has 0 N–H and O–H groups in total. The van der Waals surface area contributed by atoms with E-state index in [9.17, 15) is 0 Å². The molecule has 13 heavy (non-hydrogen) atoms. The van der Waals surface area contributed by atoms with Crippen molar-refractivity contribution in [3.05, 3.63) is 0 Å². The van der Waals surface area contributed by atoms with Crippen LogP contribution >= 0.6 is 8.58 Å². The fourth-order valence-corrected chi connectivity index (χ4v) is 4.68. The highest BCUT2D eigenvalue weighted by molar-refractivity contribution is 7.39. The van der Waals surface area contributed by atoms with Crippen LogP contribution in [0, 0.1) is 0 Å². The predicted molar refractivity (Wildman–Crippen MR) is 60.7 cm³/mol. The maximum Gasteiger partial charge on any atom is -0.0168 e. The summed E-state index contributed by atoms with van der Waals surface area (Å²) in [7, 11) is 1.84. The van der Waals surface area contributed by atoms with E-state index in [1.807, 2.05) is 8.58 Å². The Hall–Kier alpha value is 0.430. The van der Waals surface area contributed by atoms with Crippen molar-refractivity contribution in [2.75, 3.05) is 0 Å². The largest absolute Gasteiger partial charge is 0.0741 e. The lowest BCUT2D eigenvalue weighted by Crippen LogP contribution is -2.14. The van der Waals surface area contributed by atoms with Crippen LogP contribution in [-0.4, -0.2) is 11.3 Å². The van der Waals surface area contributed by atoms with Crippen molar-refractivity contribution in [3.63, 3.8) is 0 Å². The van der Waals surface area contributed by atoms with Gasteiger partial charge in [0.1, 0.15) is 0 Å². The number of hydrogen-bond donors (Lipinski definition) is 0. The summed E-state index contributed by atoms with van der Waals surface area (Å²) in [5, 5.41) is 0. The first-order valence-corrected chi connectivity index (χ1v) is 7.18. The highest BCUT2D eigenvalue weighted by atomic mass is 31.1. The molecule has 0 saturated heterocycles. The highest BCUT2D eigenvalue weighted by Gasteiger charge is 2.20. The molecule has 0 atom stereocenters. The minimum atomic E-state index is 1.09. The first kappa shape index (κ1) is 9.97. The Bertz CT molecular complexity index is 116. The smallest absolute Gasteiger partial charge is 0.0168 e. The highest BCUT2D eigenvalue weighted by Crippen LogP contribution is 2.41. The fraction of sp³-hybridized carbons (Fsp3) is 1.00. The van der Waals surface area contributed by atoms with Crippen molar-refractivity contribution in [1.29, 1.82) is 0 Å². The van der Waals surface area contributed by atoms with Crippen LogP contribution in [0.15, 0.2) is 0 Å². The second-order valence-corrected chi connectivity index (χ2v) is 6.49. The molecule has 0 spiro atoms. The predicted octanol–water partition coefficient (Wildman–Crippen LogP) is 4.60. The van der Waals surface area contributed by atoms with Crippen LogP contribution in [0.25, 0.3) is 0 Å². The lowest BCUT2D eigenvalue weighted by Gasteiger charge is -2.28. The van der Waals surface area contributed by atoms with Gasteiger partial charge in [-0.1, -0.05) is 47.1 Å². The maximum atomic E-state index is 1.84. The SMILES string of the molecule is C1CCC([P]C2CCCCC2)CC1. The summed E-state index contributed by atoms with van der Waals surface area (Å²) in [6, 6.07) is 0. The Labute approximate surface area is 84.7 Å². The molecule has 2 fully saturated rings. The normalized spacial score (nSPS) is 27.7. The average Bonchev–Trinajstić information content (AvgIpc) is 2.21. The van der Waals surface area contributed by atoms with E-state index in [1.165, 1.54) is 64.2 Å². The molecule has 0 unspecified atom stereocenters. The topological polar surface area (TPSA) is 0 Å². The molecular weight excluding hydrogens is 175 g/mol. The molecule has 0 aromatic heterocycles. The number of hydrogen-bond acceptors (Lipinski definition) is 0. The second kappa shape index (κ2) is 5.35. The molecule has 2 rings (SSSR count). The van der Waals surface area contributed by atoms with Crippen LogP contribution in [0.4, 0.5) is 0 Å². The van der Waals surface area contributed by atoms with E-state index >= 15 is 0 Å². The summed E-state index contributed by atoms with van der Waals surface area (Å²) in [4.78, 5) is 0. The first-order chi connectivity index (χ1) is 6.45. The zero-order chi connectivity index (χ0) is 8.93. The van der Waals surface area contributed by atoms with Crippen molar-refractivity contribution in [3.8, 4) is 0 Å². The zero-order valence-electron chi connectivity index (χ0n) is 8.67. The van der Waals surface area contributed by atoms with Crippen LogP contribution in [0.2, 0.25) is 0 Å². The van der Waals surface area contributed by atoms with Crippen LogP contribution in [0.1, 0.15) is 64.2 Å². The summed E-state index contributed by atoms with van der Waals surface area (Å²) in [6.45, 7) is 0. The van der Waals surface area contributed by atoms with Gasteiger partial charge in [0.25, 0.3) is 0 Å². The van der Waals surface area contributed by atoms with E-state index in [4.69, 9.17) is 0 Å². The molecule has 1 heteroatoms. The molecule has 2 saturated carbocycles. The zero-order valence-corrected chi connectivity index (χ0v) is 9.57. The van der Waals surface area contributed by atoms with E-state index in [0.717, 1.165) is 11.3 Å². The molecule has 0 heterocycles. The van der Waals surface area contributed by atoms with Gasteiger partial charge in [0, 0.05) is 0 Å². The van der Waals surface area contributed by atoms with E-state index in [0.29, 0.717) is 0 Å². The third kappa shape index (κ3) is 3.24. The molecule has 2 aliphatic rings. The molecule has 75 valence electrons. The summed E-state index contributed by atoms with van der Waals surface area (Å²) >= 11 is 0. The average molecular weight is 197 g/mol. The molecule has 0 aromatic rings. The quantitative estimate of drug-likeness (QED) is 0.567. The first-order valence-electron chi connectivity index (χ1n) is 6.15. The summed E-state index contributed by atoms with van der Waals surface area (Å²) in [6.07, 6.45) is 15.3. The maximum absolute atomic E-state index is 1.84. The molecule has 0 aliphatic heterocycles. The van der Waals surface area contributed by atoms with Gasteiger partial charge >= 0.3 is 0 Å². The van der Waals surface area contributed by atoms with Crippen molar-refractivity contribution in [2.45, 2.75) is 75.5 Å². The van der Waals surface area contributed by atoms with Gasteiger partial charge in [-0.3, -0.25) is 0 Å². The molecular formula is C12H22P. The molecule has 1 radical (unpaired) electrons. The molecule has 0 bridgehead atoms. The van der Waals surface area contributed by atoms with Crippen LogP contribution in [0.5, 0.6) is 0 Å². The Morgan fingerprint density at radius 3 is 1.31 bits per heavy atom. The van der Waals surface area contributed by atoms with Gasteiger partial charge in [-0.25, -0.2) is 0 Å². The van der Waals surface area contributed by atoms with Gasteiger partial charge in [0.05, 0.1) is 0 Å². The van der Waals surface area contributed by atoms with Crippen molar-refractivity contribution in [2.24, 2.45) is 0 Å². The molecule has 0 nitrogen and oxygen atoms in total. The van der Waals surface area contributed by atoms with Crippen LogP contribution in [-0.2, 0) is 0 Å². The minimum Gasteiger partial charge on any atom is -0.0741 e. The van der Waals surface area contributed by atoms with E-state index < -0.39 is 0 Å². The Morgan fingerprint density at radius 1 is 0.538 bits per heavy atom. The second-order valence-electron chi connectivity index (χ2n) is 4.73. The van der Waals surface area contributed by atoms with E-state index in [1.54, 1.807) is 0 Å². The van der Waals surface area contributed by atoms with Crippen molar-refractivity contribution in [1.82, 2.24) is 0 Å². The Kier molecular flexibility index (Phi) is 4.10. The monoisotopic (exact) mass is 197 g/mol. The van der Waals surface area contributed by atoms with Crippen molar-refractivity contribution >= 4 is 8.58 Å². The lowest BCUT2D eigenvalue weighted by atomic mass is 10.00. The summed E-state index contributed by atoms with van der Waals surface area (Å²) < 4.78 is 0. The molecule has 0 amide bonds. The van der Waals surface area contributed by atoms with Gasteiger partial charge in [-0.05, 0) is 37.0 Å². The minimum absolute atomic E-state index is 1.09. The van der Waals surface area contributed by atoms with Gasteiger partial charge < -0.3 is 0 Å². The fourth-order valence-electron chi connectivity index (χ4n) is 2.76. The van der Waals surface area contributed by atoms with Crippen molar-refractivity contribution < 1.29 is 0 Å². The third-order valence-electron chi connectivity index (χ3n) is 3.57. The van der Waals surface area contributed by atoms with Gasteiger partial charge in [0.15, 0.2) is 0 Å². The molecule has 0 aromatic carbocycles. The van der Waals surface area contributed by atoms with E-state index in [2.05, 4.69) is 0 Å². The van der Waals surface area contributed by atoms with Gasteiger partial charge in [0.2, 0.25) is 0 Å². The van der Waals surface area contributed by atoms with Crippen LogP contribution < -0.4 is 0 Å². The van der Waals surface area contributed by atoms with Gasteiger partial charge in [-0.2, -0.15) is 0 Å². The standard InChI is InChI=1S/C12H22P/c1-3-7-11(8-4-1)13-12-9-5-2-6-10-12/h11-12H,1-10H2. The molecule has 2 aliphatic carbocycles.